The van der Waals surface area contributed by atoms with Gasteiger partial charge in [0.25, 0.3) is 5.56 Å². The fourth-order valence-electron chi connectivity index (χ4n) is 4.09. The Labute approximate surface area is 190 Å². The molecule has 0 fully saturated rings. The molecule has 0 saturated carbocycles. The van der Waals surface area contributed by atoms with Crippen molar-refractivity contribution in [3.63, 3.8) is 0 Å². The molecule has 1 aliphatic rings. The van der Waals surface area contributed by atoms with E-state index in [9.17, 15) is 9.59 Å². The molecule has 1 aliphatic carbocycles. The second kappa shape index (κ2) is 9.51. The maximum absolute atomic E-state index is 13.6. The molecule has 2 heterocycles. The van der Waals surface area contributed by atoms with Crippen LogP contribution in [0.15, 0.2) is 29.1 Å². The Kier molecular flexibility index (Phi) is 6.74. The summed E-state index contributed by atoms with van der Waals surface area (Å²) in [4.78, 5) is 35.6. The van der Waals surface area contributed by atoms with Gasteiger partial charge in [0.05, 0.1) is 11.9 Å². The lowest BCUT2D eigenvalue weighted by Crippen LogP contribution is -2.34. The molecular weight excluding hydrogens is 432 g/mol. The zero-order chi connectivity index (χ0) is 22.0. The van der Waals surface area contributed by atoms with Crippen LogP contribution in [0.1, 0.15) is 43.0 Å². The smallest absolute Gasteiger partial charge is 0.263 e. The number of aryl methyl sites for hydroxylation is 2. The highest BCUT2D eigenvalue weighted by molar-refractivity contribution is 7.18. The third-order valence-electron chi connectivity index (χ3n) is 5.84. The van der Waals surface area contributed by atoms with Gasteiger partial charge in [-0.3, -0.25) is 19.1 Å². The topological polar surface area (TPSA) is 67.2 Å². The number of fused-ring (bicyclic) bond motifs is 3. The van der Waals surface area contributed by atoms with Crippen molar-refractivity contribution in [1.82, 2.24) is 14.5 Å². The van der Waals surface area contributed by atoms with Crippen LogP contribution in [0.5, 0.6) is 0 Å². The molecule has 0 saturated heterocycles. The summed E-state index contributed by atoms with van der Waals surface area (Å²) in [6.45, 7) is 6.34. The van der Waals surface area contributed by atoms with Crippen LogP contribution in [0.3, 0.4) is 0 Å². The van der Waals surface area contributed by atoms with Crippen LogP contribution in [-0.2, 0) is 30.7 Å². The van der Waals surface area contributed by atoms with Crippen molar-refractivity contribution in [3.05, 3.63) is 55.9 Å². The summed E-state index contributed by atoms with van der Waals surface area (Å²) in [6.07, 6.45) is 4.18. The first-order chi connectivity index (χ1) is 15.0. The normalized spacial score (nSPS) is 13.5. The third-order valence-corrected chi connectivity index (χ3v) is 7.28. The highest BCUT2D eigenvalue weighted by Gasteiger charge is 2.23. The minimum absolute atomic E-state index is 0.0639. The second-order valence-electron chi connectivity index (χ2n) is 7.83. The molecule has 0 unspecified atom stereocenters. The van der Waals surface area contributed by atoms with Crippen molar-refractivity contribution >= 4 is 44.7 Å². The van der Waals surface area contributed by atoms with Gasteiger partial charge in [0, 0.05) is 15.6 Å². The lowest BCUT2D eigenvalue weighted by Gasteiger charge is -2.20. The minimum atomic E-state index is -0.254. The van der Waals surface area contributed by atoms with E-state index in [1.54, 1.807) is 40.2 Å². The number of amides is 1. The maximum atomic E-state index is 13.6. The number of anilines is 1. The average Bonchev–Trinajstić information content (AvgIpc) is 3.14. The number of hydrogen-bond acceptors (Lipinski definition) is 5. The Hall–Kier alpha value is -2.22. The molecule has 2 aromatic heterocycles. The number of nitrogens with one attached hydrogen (secondary N) is 1. The number of thiophene rings is 1. The fourth-order valence-corrected chi connectivity index (χ4v) is 5.49. The number of halogens is 1. The van der Waals surface area contributed by atoms with Gasteiger partial charge in [-0.2, -0.15) is 0 Å². The molecule has 0 aliphatic heterocycles. The van der Waals surface area contributed by atoms with E-state index in [2.05, 4.69) is 24.1 Å². The molecule has 31 heavy (non-hydrogen) atoms. The molecule has 1 amide bonds. The molecule has 0 radical (unpaired) electrons. The first-order valence-corrected chi connectivity index (χ1v) is 12.0. The zero-order valence-electron chi connectivity index (χ0n) is 17.9. The highest BCUT2D eigenvalue weighted by Crippen LogP contribution is 2.33. The number of benzene rings is 1. The van der Waals surface area contributed by atoms with Crippen molar-refractivity contribution in [2.75, 3.05) is 18.4 Å². The van der Waals surface area contributed by atoms with Crippen molar-refractivity contribution in [2.24, 2.45) is 0 Å². The average molecular weight is 459 g/mol. The number of carbonyl (C=O) groups is 1. The fraction of sp³-hybridized carbons (Fsp3) is 0.435. The second-order valence-corrected chi connectivity index (χ2v) is 9.35. The van der Waals surface area contributed by atoms with E-state index in [4.69, 9.17) is 16.6 Å². The molecule has 0 atom stereocenters. The predicted octanol–water partition coefficient (Wildman–Crippen LogP) is 4.47. The third kappa shape index (κ3) is 4.68. The van der Waals surface area contributed by atoms with Gasteiger partial charge in [-0.1, -0.05) is 25.4 Å². The van der Waals surface area contributed by atoms with Crippen molar-refractivity contribution in [1.29, 1.82) is 0 Å². The lowest BCUT2D eigenvalue weighted by atomic mass is 9.97. The molecule has 0 spiro atoms. The van der Waals surface area contributed by atoms with Crippen LogP contribution in [0.4, 0.5) is 5.69 Å². The summed E-state index contributed by atoms with van der Waals surface area (Å²) in [5, 5.41) is 4.18. The van der Waals surface area contributed by atoms with Gasteiger partial charge < -0.3 is 5.32 Å². The summed E-state index contributed by atoms with van der Waals surface area (Å²) in [5.41, 5.74) is 1.69. The quantitative estimate of drug-likeness (QED) is 0.567. The van der Waals surface area contributed by atoms with E-state index >= 15 is 0 Å². The summed E-state index contributed by atoms with van der Waals surface area (Å²) >= 11 is 7.57. The zero-order valence-corrected chi connectivity index (χ0v) is 19.5. The molecule has 1 aromatic carbocycles. The SMILES string of the molecule is CCN(CC)Cc1nc2sc3c(c2c(=O)n1CC(=O)Nc1ccc(Cl)cc1)CCCC3. The first kappa shape index (κ1) is 22.0. The number of aromatic nitrogens is 2. The van der Waals surface area contributed by atoms with Crippen LogP contribution in [0, 0.1) is 0 Å². The van der Waals surface area contributed by atoms with E-state index in [-0.39, 0.29) is 18.0 Å². The van der Waals surface area contributed by atoms with E-state index in [1.165, 1.54) is 4.88 Å². The van der Waals surface area contributed by atoms with Gasteiger partial charge in [-0.05, 0) is 68.6 Å². The number of carbonyl (C=O) groups excluding carboxylic acids is 1. The van der Waals surface area contributed by atoms with E-state index in [1.807, 2.05) is 0 Å². The Balaban J connectivity index is 1.73. The number of hydrogen-bond donors (Lipinski definition) is 1. The van der Waals surface area contributed by atoms with Crippen molar-refractivity contribution < 1.29 is 4.79 Å². The minimum Gasteiger partial charge on any atom is -0.325 e. The van der Waals surface area contributed by atoms with Crippen LogP contribution in [-0.4, -0.2) is 33.4 Å². The monoisotopic (exact) mass is 458 g/mol. The van der Waals surface area contributed by atoms with Gasteiger partial charge in [-0.25, -0.2) is 4.98 Å². The van der Waals surface area contributed by atoms with Gasteiger partial charge in [0.15, 0.2) is 0 Å². The molecule has 1 N–H and O–H groups in total. The van der Waals surface area contributed by atoms with Crippen LogP contribution in [0.2, 0.25) is 5.02 Å². The largest absolute Gasteiger partial charge is 0.325 e. The number of rotatable bonds is 7. The Morgan fingerprint density at radius 3 is 2.61 bits per heavy atom. The van der Waals surface area contributed by atoms with Crippen LogP contribution >= 0.6 is 22.9 Å². The maximum Gasteiger partial charge on any atom is 0.263 e. The van der Waals surface area contributed by atoms with Crippen molar-refractivity contribution in [2.45, 2.75) is 52.6 Å². The predicted molar refractivity (Wildman–Crippen MR) is 127 cm³/mol. The standard InChI is InChI=1S/C23H27ClN4O2S/c1-3-27(4-2)13-19-26-22-21(17-7-5-6-8-18(17)31-22)23(30)28(19)14-20(29)25-16-11-9-15(24)10-12-16/h9-12H,3-8,13-14H2,1-2H3,(H,25,29). The Bertz CT molecular complexity index is 1150. The molecular formula is C23H27ClN4O2S. The molecule has 3 aromatic rings. The summed E-state index contributed by atoms with van der Waals surface area (Å²) in [5.74, 6) is 0.390. The molecule has 0 bridgehead atoms. The Morgan fingerprint density at radius 1 is 1.19 bits per heavy atom. The lowest BCUT2D eigenvalue weighted by molar-refractivity contribution is -0.116. The highest BCUT2D eigenvalue weighted by atomic mass is 35.5. The van der Waals surface area contributed by atoms with Gasteiger partial charge >= 0.3 is 0 Å². The summed E-state index contributed by atoms with van der Waals surface area (Å²) < 4.78 is 1.56. The van der Waals surface area contributed by atoms with Gasteiger partial charge in [0.1, 0.15) is 17.2 Å². The molecule has 4 rings (SSSR count). The van der Waals surface area contributed by atoms with E-state index < -0.39 is 0 Å². The molecule has 6 nitrogen and oxygen atoms in total. The van der Waals surface area contributed by atoms with Gasteiger partial charge in [0.2, 0.25) is 5.91 Å². The molecule has 8 heteroatoms. The van der Waals surface area contributed by atoms with E-state index in [0.29, 0.717) is 28.5 Å². The summed E-state index contributed by atoms with van der Waals surface area (Å²) in [6, 6.07) is 6.94. The van der Waals surface area contributed by atoms with Gasteiger partial charge in [-0.15, -0.1) is 11.3 Å². The molecule has 164 valence electrons. The van der Waals surface area contributed by atoms with E-state index in [0.717, 1.165) is 49.2 Å². The Morgan fingerprint density at radius 2 is 1.90 bits per heavy atom. The van der Waals surface area contributed by atoms with Crippen LogP contribution < -0.4 is 10.9 Å². The van der Waals surface area contributed by atoms with Crippen LogP contribution in [0.25, 0.3) is 10.2 Å². The number of nitrogens with zero attached hydrogens (tertiary/aromatic N) is 3. The first-order valence-electron chi connectivity index (χ1n) is 10.8. The summed E-state index contributed by atoms with van der Waals surface area (Å²) in [7, 11) is 0. The van der Waals surface area contributed by atoms with Crippen molar-refractivity contribution in [3.8, 4) is 0 Å².